The van der Waals surface area contributed by atoms with Gasteiger partial charge in [-0.15, -0.1) is 0 Å². The number of carboxylic acid groups (broad SMARTS) is 1. The van der Waals surface area contributed by atoms with Crippen molar-refractivity contribution in [3.8, 4) is 0 Å². The molecular weight excluding hydrogens is 262 g/mol. The number of nitrogens with one attached hydrogen (secondary N) is 1. The molecule has 0 spiro atoms. The lowest BCUT2D eigenvalue weighted by Crippen LogP contribution is -2.07. The Labute approximate surface area is 114 Å². The number of nitro groups is 1. The quantitative estimate of drug-likeness (QED) is 0.660. The van der Waals surface area contributed by atoms with Gasteiger partial charge in [-0.25, -0.2) is 4.79 Å². The van der Waals surface area contributed by atoms with Gasteiger partial charge < -0.3 is 15.0 Å². The fraction of sp³-hybridized carbons (Fsp3) is 0.154. The van der Waals surface area contributed by atoms with E-state index in [4.69, 9.17) is 0 Å². The third-order valence-corrected chi connectivity index (χ3v) is 2.93. The number of anilines is 2. The van der Waals surface area contributed by atoms with E-state index in [0.29, 0.717) is 11.3 Å². The van der Waals surface area contributed by atoms with Crippen molar-refractivity contribution in [2.24, 2.45) is 7.05 Å². The normalized spacial score (nSPS) is 10.3. The van der Waals surface area contributed by atoms with E-state index >= 15 is 0 Å². The molecule has 0 saturated carbocycles. The Morgan fingerprint density at radius 3 is 2.65 bits per heavy atom. The zero-order valence-corrected chi connectivity index (χ0v) is 11.0. The Hall–Kier alpha value is -2.83. The smallest absolute Gasteiger partial charge is 0.354 e. The van der Waals surface area contributed by atoms with E-state index in [0.717, 1.165) is 0 Å². The van der Waals surface area contributed by atoms with Gasteiger partial charge in [0.1, 0.15) is 5.69 Å². The largest absolute Gasteiger partial charge is 0.477 e. The molecule has 2 rings (SSSR count). The first-order chi connectivity index (χ1) is 9.41. The van der Waals surface area contributed by atoms with Crippen LogP contribution >= 0.6 is 0 Å². The van der Waals surface area contributed by atoms with Gasteiger partial charge in [-0.05, 0) is 18.6 Å². The number of aryl methyl sites for hydroxylation is 2. The SMILES string of the molecule is Cc1cn(C)c(C(=O)O)c1Nc1ccccc1[N+](=O)[O-]. The summed E-state index contributed by atoms with van der Waals surface area (Å²) in [6.45, 7) is 1.74. The van der Waals surface area contributed by atoms with Crippen LogP contribution in [-0.2, 0) is 7.05 Å². The molecule has 2 N–H and O–H groups in total. The lowest BCUT2D eigenvalue weighted by Gasteiger charge is -2.08. The zero-order chi connectivity index (χ0) is 14.9. The van der Waals surface area contributed by atoms with E-state index in [-0.39, 0.29) is 17.1 Å². The highest BCUT2D eigenvalue weighted by Crippen LogP contribution is 2.31. The van der Waals surface area contributed by atoms with Crippen molar-refractivity contribution in [3.63, 3.8) is 0 Å². The highest BCUT2D eigenvalue weighted by molar-refractivity contribution is 5.95. The van der Waals surface area contributed by atoms with Crippen molar-refractivity contribution in [2.75, 3.05) is 5.32 Å². The summed E-state index contributed by atoms with van der Waals surface area (Å²) in [6.07, 6.45) is 1.65. The van der Waals surface area contributed by atoms with Crippen molar-refractivity contribution in [2.45, 2.75) is 6.92 Å². The van der Waals surface area contributed by atoms with Gasteiger partial charge in [-0.1, -0.05) is 12.1 Å². The van der Waals surface area contributed by atoms with Crippen molar-refractivity contribution in [3.05, 3.63) is 51.8 Å². The number of aromatic carboxylic acids is 1. The lowest BCUT2D eigenvalue weighted by molar-refractivity contribution is -0.383. The van der Waals surface area contributed by atoms with Crippen molar-refractivity contribution < 1.29 is 14.8 Å². The molecule has 2 aromatic rings. The molecule has 0 aliphatic heterocycles. The molecule has 20 heavy (non-hydrogen) atoms. The topological polar surface area (TPSA) is 97.4 Å². The second-order valence-electron chi connectivity index (χ2n) is 4.35. The van der Waals surface area contributed by atoms with E-state index < -0.39 is 10.9 Å². The number of aromatic nitrogens is 1. The molecule has 0 radical (unpaired) electrons. The first-order valence-corrected chi connectivity index (χ1v) is 5.81. The van der Waals surface area contributed by atoms with Gasteiger partial charge >= 0.3 is 5.97 Å². The first kappa shape index (κ1) is 13.6. The molecule has 0 saturated heterocycles. The van der Waals surface area contributed by atoms with Crippen LogP contribution in [0.1, 0.15) is 16.1 Å². The zero-order valence-electron chi connectivity index (χ0n) is 11.0. The van der Waals surface area contributed by atoms with Gasteiger partial charge in [0.15, 0.2) is 5.69 Å². The standard InChI is InChI=1S/C13H13N3O4/c1-8-7-15(2)12(13(17)18)11(8)14-9-5-3-4-6-10(9)16(19)20/h3-7,14H,1-2H3,(H,17,18). The minimum Gasteiger partial charge on any atom is -0.477 e. The van der Waals surface area contributed by atoms with Crippen molar-refractivity contribution >= 4 is 23.0 Å². The van der Waals surface area contributed by atoms with E-state index in [1.165, 1.54) is 16.7 Å². The van der Waals surface area contributed by atoms with Crippen LogP contribution in [0.25, 0.3) is 0 Å². The average molecular weight is 275 g/mol. The number of carbonyl (C=O) groups is 1. The monoisotopic (exact) mass is 275 g/mol. The van der Waals surface area contributed by atoms with Gasteiger partial charge in [0.2, 0.25) is 0 Å². The molecule has 1 heterocycles. The molecule has 1 aromatic heterocycles. The summed E-state index contributed by atoms with van der Waals surface area (Å²) in [5.41, 5.74) is 1.26. The van der Waals surface area contributed by atoms with Crippen molar-refractivity contribution in [1.29, 1.82) is 0 Å². The Bertz CT molecular complexity index is 691. The summed E-state index contributed by atoms with van der Waals surface area (Å²) >= 11 is 0. The molecule has 0 aliphatic rings. The molecule has 0 atom stereocenters. The first-order valence-electron chi connectivity index (χ1n) is 5.81. The predicted octanol–water partition coefficient (Wildman–Crippen LogP) is 2.68. The van der Waals surface area contributed by atoms with E-state index in [1.54, 1.807) is 32.3 Å². The Morgan fingerprint density at radius 2 is 2.05 bits per heavy atom. The van der Waals surface area contributed by atoms with E-state index in [1.807, 2.05) is 0 Å². The molecule has 7 nitrogen and oxygen atoms in total. The Morgan fingerprint density at radius 1 is 1.40 bits per heavy atom. The van der Waals surface area contributed by atoms with Crippen LogP contribution in [-0.4, -0.2) is 20.6 Å². The number of hydrogen-bond acceptors (Lipinski definition) is 4. The summed E-state index contributed by atoms with van der Waals surface area (Å²) in [6, 6.07) is 6.10. The van der Waals surface area contributed by atoms with E-state index in [2.05, 4.69) is 5.32 Å². The highest BCUT2D eigenvalue weighted by atomic mass is 16.6. The van der Waals surface area contributed by atoms with Crippen LogP contribution in [0.4, 0.5) is 17.1 Å². The van der Waals surface area contributed by atoms with Gasteiger partial charge in [-0.2, -0.15) is 0 Å². The van der Waals surface area contributed by atoms with E-state index in [9.17, 15) is 20.0 Å². The van der Waals surface area contributed by atoms with Crippen LogP contribution in [0, 0.1) is 17.0 Å². The summed E-state index contributed by atoms with van der Waals surface area (Å²) in [4.78, 5) is 21.7. The molecule has 0 amide bonds. The summed E-state index contributed by atoms with van der Waals surface area (Å²) in [5.74, 6) is -1.10. The maximum absolute atomic E-state index is 11.3. The molecule has 104 valence electrons. The number of carboxylic acids is 1. The second kappa shape index (κ2) is 5.04. The number of nitrogens with zero attached hydrogens (tertiary/aromatic N) is 2. The van der Waals surface area contributed by atoms with Crippen LogP contribution in [0.2, 0.25) is 0 Å². The summed E-state index contributed by atoms with van der Waals surface area (Å²) in [5, 5.41) is 23.0. The maximum Gasteiger partial charge on any atom is 0.354 e. The van der Waals surface area contributed by atoms with Gasteiger partial charge in [0.05, 0.1) is 10.6 Å². The number of hydrogen-bond donors (Lipinski definition) is 2. The minimum absolute atomic E-state index is 0.0562. The van der Waals surface area contributed by atoms with Crippen LogP contribution < -0.4 is 5.32 Å². The van der Waals surface area contributed by atoms with Gasteiger partial charge in [-0.3, -0.25) is 10.1 Å². The molecule has 1 aromatic carbocycles. The summed E-state index contributed by atoms with van der Waals surface area (Å²) in [7, 11) is 1.61. The van der Waals surface area contributed by atoms with Crippen molar-refractivity contribution in [1.82, 2.24) is 4.57 Å². The van der Waals surface area contributed by atoms with Crippen LogP contribution in [0.15, 0.2) is 30.5 Å². The van der Waals surface area contributed by atoms with Crippen LogP contribution in [0.5, 0.6) is 0 Å². The number of nitro benzene ring substituents is 1. The van der Waals surface area contributed by atoms with Crippen LogP contribution in [0.3, 0.4) is 0 Å². The molecular formula is C13H13N3O4. The third-order valence-electron chi connectivity index (χ3n) is 2.93. The predicted molar refractivity (Wildman–Crippen MR) is 73.5 cm³/mol. The van der Waals surface area contributed by atoms with Gasteiger partial charge in [0.25, 0.3) is 5.69 Å². The molecule has 0 bridgehead atoms. The van der Waals surface area contributed by atoms with Gasteiger partial charge in [0, 0.05) is 19.3 Å². The number of benzene rings is 1. The lowest BCUT2D eigenvalue weighted by atomic mass is 10.2. The molecule has 0 fully saturated rings. The fourth-order valence-corrected chi connectivity index (χ4v) is 2.07. The average Bonchev–Trinajstić information content (AvgIpc) is 2.64. The Balaban J connectivity index is 2.51. The summed E-state index contributed by atoms with van der Waals surface area (Å²) < 4.78 is 1.47. The number of rotatable bonds is 4. The third kappa shape index (κ3) is 2.33. The second-order valence-corrected chi connectivity index (χ2v) is 4.35. The molecule has 0 unspecified atom stereocenters. The molecule has 7 heteroatoms. The highest BCUT2D eigenvalue weighted by Gasteiger charge is 2.20. The Kier molecular flexibility index (Phi) is 3.43. The maximum atomic E-state index is 11.3. The fourth-order valence-electron chi connectivity index (χ4n) is 2.07. The number of para-hydroxylation sites is 2. The molecule has 0 aliphatic carbocycles. The minimum atomic E-state index is -1.10.